The van der Waals surface area contributed by atoms with E-state index in [1.165, 1.54) is 0 Å². The van der Waals surface area contributed by atoms with E-state index in [0.29, 0.717) is 0 Å². The van der Waals surface area contributed by atoms with E-state index in [1.807, 2.05) is 18.3 Å². The Hall–Kier alpha value is -0.770. The topological polar surface area (TPSA) is 41.8 Å². The van der Waals surface area contributed by atoms with Crippen molar-refractivity contribution in [3.05, 3.63) is 47.1 Å². The normalized spacial score (nSPS) is 12.1. The summed E-state index contributed by atoms with van der Waals surface area (Å²) in [6.45, 7) is 3.70. The first-order valence-electron chi connectivity index (χ1n) is 4.37. The van der Waals surface area contributed by atoms with Crippen molar-refractivity contribution in [2.45, 2.75) is 6.04 Å². The summed E-state index contributed by atoms with van der Waals surface area (Å²) in [7, 11) is 0. The number of aromatic nitrogens is 1. The summed E-state index contributed by atoms with van der Waals surface area (Å²) in [5.41, 5.74) is 8.08. The average Bonchev–Trinajstić information content (AvgIpc) is 2.59. The van der Waals surface area contributed by atoms with Crippen molar-refractivity contribution in [1.82, 2.24) is 4.98 Å². The van der Waals surface area contributed by atoms with Gasteiger partial charge in [-0.15, -0.1) is 19.0 Å². The zero-order valence-corrected chi connectivity index (χ0v) is 10.4. The molecule has 4 heteroatoms. The summed E-state index contributed by atoms with van der Waals surface area (Å²) in [5.74, 6) is 0. The molecule has 0 saturated carbocycles. The predicted octanol–water partition coefficient (Wildman–Crippen LogP) is 3.54. The number of fused-ring (bicyclic) bond motifs is 1. The number of H-pyrrole nitrogens is 1. The Morgan fingerprint density at radius 1 is 1.47 bits per heavy atom. The summed E-state index contributed by atoms with van der Waals surface area (Å²) in [4.78, 5) is 3.18. The van der Waals surface area contributed by atoms with E-state index < -0.39 is 0 Å². The van der Waals surface area contributed by atoms with Gasteiger partial charge in [-0.25, -0.2) is 0 Å². The van der Waals surface area contributed by atoms with Crippen molar-refractivity contribution in [3.63, 3.8) is 0 Å². The lowest BCUT2D eigenvalue weighted by molar-refractivity contribution is 0.924. The lowest BCUT2D eigenvalue weighted by Crippen LogP contribution is -2.05. The fraction of sp³-hybridized carbons (Fsp3) is 0.0909. The van der Waals surface area contributed by atoms with Gasteiger partial charge in [-0.1, -0.05) is 22.0 Å². The monoisotopic (exact) mass is 286 g/mol. The number of halogens is 2. The van der Waals surface area contributed by atoms with Gasteiger partial charge in [0.05, 0.1) is 0 Å². The Morgan fingerprint density at radius 3 is 2.87 bits per heavy atom. The highest BCUT2D eigenvalue weighted by molar-refractivity contribution is 9.10. The second kappa shape index (κ2) is 4.84. The van der Waals surface area contributed by atoms with Gasteiger partial charge < -0.3 is 10.7 Å². The van der Waals surface area contributed by atoms with E-state index in [0.717, 1.165) is 20.9 Å². The molecular formula is C11H12BrClN2. The van der Waals surface area contributed by atoms with E-state index in [9.17, 15) is 0 Å². The molecule has 0 unspecified atom stereocenters. The van der Waals surface area contributed by atoms with Crippen LogP contribution in [0.25, 0.3) is 10.9 Å². The lowest BCUT2D eigenvalue weighted by atomic mass is 10.1. The number of aromatic amines is 1. The van der Waals surface area contributed by atoms with Crippen molar-refractivity contribution in [2.24, 2.45) is 5.73 Å². The Labute approximate surface area is 103 Å². The maximum atomic E-state index is 5.90. The van der Waals surface area contributed by atoms with Gasteiger partial charge in [-0.05, 0) is 23.8 Å². The number of benzene rings is 1. The smallest absolute Gasteiger partial charge is 0.0499 e. The Bertz CT molecular complexity index is 478. The van der Waals surface area contributed by atoms with E-state index in [4.69, 9.17) is 5.73 Å². The van der Waals surface area contributed by atoms with Crippen LogP contribution >= 0.6 is 28.3 Å². The Morgan fingerprint density at radius 2 is 2.20 bits per heavy atom. The molecule has 0 aliphatic carbocycles. The summed E-state index contributed by atoms with van der Waals surface area (Å²) in [6, 6.07) is 5.98. The van der Waals surface area contributed by atoms with Gasteiger partial charge in [-0.2, -0.15) is 0 Å². The Kier molecular flexibility index (Phi) is 3.97. The second-order valence-corrected chi connectivity index (χ2v) is 4.11. The van der Waals surface area contributed by atoms with Gasteiger partial charge >= 0.3 is 0 Å². The molecule has 0 aliphatic rings. The standard InChI is InChI=1S/C11H11BrN2.ClH/c1-2-10(13)9-6-14-11-4-3-7(12)5-8(9)11;/h2-6,10,14H,1,13H2;1H/t10-;/m0./s1. The quantitative estimate of drug-likeness (QED) is 0.815. The lowest BCUT2D eigenvalue weighted by Gasteiger charge is -2.03. The third kappa shape index (κ3) is 2.25. The van der Waals surface area contributed by atoms with Crippen molar-refractivity contribution < 1.29 is 0 Å². The molecule has 2 aromatic rings. The summed E-state index contributed by atoms with van der Waals surface area (Å²) in [5, 5.41) is 1.15. The van der Waals surface area contributed by atoms with Crippen LogP contribution in [0.15, 0.2) is 41.5 Å². The van der Waals surface area contributed by atoms with E-state index >= 15 is 0 Å². The van der Waals surface area contributed by atoms with Crippen molar-refractivity contribution in [1.29, 1.82) is 0 Å². The molecule has 2 rings (SSSR count). The first-order valence-corrected chi connectivity index (χ1v) is 5.16. The van der Waals surface area contributed by atoms with Crippen LogP contribution in [0.5, 0.6) is 0 Å². The number of nitrogens with two attached hydrogens (primary N) is 1. The fourth-order valence-electron chi connectivity index (χ4n) is 1.52. The van der Waals surface area contributed by atoms with Crippen molar-refractivity contribution in [2.75, 3.05) is 0 Å². The van der Waals surface area contributed by atoms with Gasteiger partial charge in [0, 0.05) is 27.6 Å². The molecule has 0 spiro atoms. The van der Waals surface area contributed by atoms with E-state index in [-0.39, 0.29) is 18.4 Å². The van der Waals surface area contributed by atoms with Gasteiger partial charge in [0.2, 0.25) is 0 Å². The SMILES string of the molecule is C=C[C@H](N)c1c[nH]c2ccc(Br)cc12.Cl. The zero-order valence-electron chi connectivity index (χ0n) is 8.03. The van der Waals surface area contributed by atoms with Crippen LogP contribution in [0.3, 0.4) is 0 Å². The molecule has 1 aromatic heterocycles. The van der Waals surface area contributed by atoms with E-state index in [2.05, 4.69) is 33.6 Å². The van der Waals surface area contributed by atoms with Gasteiger partial charge in [0.1, 0.15) is 0 Å². The van der Waals surface area contributed by atoms with Crippen LogP contribution in [-0.4, -0.2) is 4.98 Å². The molecule has 0 radical (unpaired) electrons. The summed E-state index contributed by atoms with van der Waals surface area (Å²) < 4.78 is 1.06. The third-order valence-corrected chi connectivity index (χ3v) is 2.78. The molecular weight excluding hydrogens is 275 g/mol. The van der Waals surface area contributed by atoms with Crippen LogP contribution in [-0.2, 0) is 0 Å². The molecule has 1 aromatic carbocycles. The molecule has 3 N–H and O–H groups in total. The largest absolute Gasteiger partial charge is 0.361 e. The molecule has 0 amide bonds. The molecule has 2 nitrogen and oxygen atoms in total. The van der Waals surface area contributed by atoms with E-state index in [1.54, 1.807) is 6.08 Å². The van der Waals surface area contributed by atoms with Gasteiger partial charge in [-0.3, -0.25) is 0 Å². The van der Waals surface area contributed by atoms with Crippen molar-refractivity contribution >= 4 is 39.2 Å². The summed E-state index contributed by atoms with van der Waals surface area (Å²) in [6.07, 6.45) is 3.67. The highest BCUT2D eigenvalue weighted by Gasteiger charge is 2.08. The second-order valence-electron chi connectivity index (χ2n) is 3.20. The predicted molar refractivity (Wildman–Crippen MR) is 70.4 cm³/mol. The zero-order chi connectivity index (χ0) is 10.1. The molecule has 0 fully saturated rings. The molecule has 1 atom stereocenters. The van der Waals surface area contributed by atoms with Crippen LogP contribution in [0, 0.1) is 0 Å². The first kappa shape index (κ1) is 12.3. The maximum absolute atomic E-state index is 5.90. The third-order valence-electron chi connectivity index (χ3n) is 2.29. The molecule has 15 heavy (non-hydrogen) atoms. The average molecular weight is 288 g/mol. The summed E-state index contributed by atoms with van der Waals surface area (Å²) >= 11 is 3.44. The molecule has 80 valence electrons. The van der Waals surface area contributed by atoms with Gasteiger partial charge in [0.15, 0.2) is 0 Å². The number of rotatable bonds is 2. The minimum absolute atomic E-state index is 0. The maximum Gasteiger partial charge on any atom is 0.0499 e. The van der Waals surface area contributed by atoms with Crippen LogP contribution < -0.4 is 5.73 Å². The van der Waals surface area contributed by atoms with Crippen molar-refractivity contribution in [3.8, 4) is 0 Å². The number of hydrogen-bond acceptors (Lipinski definition) is 1. The minimum Gasteiger partial charge on any atom is -0.361 e. The van der Waals surface area contributed by atoms with Crippen LogP contribution in [0.2, 0.25) is 0 Å². The highest BCUT2D eigenvalue weighted by atomic mass is 79.9. The molecule has 0 aliphatic heterocycles. The molecule has 0 bridgehead atoms. The first-order chi connectivity index (χ1) is 6.72. The number of nitrogens with one attached hydrogen (secondary N) is 1. The fourth-order valence-corrected chi connectivity index (χ4v) is 1.88. The highest BCUT2D eigenvalue weighted by Crippen LogP contribution is 2.26. The number of hydrogen-bond donors (Lipinski definition) is 2. The Balaban J connectivity index is 0.00000112. The van der Waals surface area contributed by atoms with Crippen LogP contribution in [0.4, 0.5) is 0 Å². The van der Waals surface area contributed by atoms with Gasteiger partial charge in [0.25, 0.3) is 0 Å². The van der Waals surface area contributed by atoms with Crippen LogP contribution in [0.1, 0.15) is 11.6 Å². The minimum atomic E-state index is -0.113. The molecule has 0 saturated heterocycles. The molecule has 1 heterocycles.